The van der Waals surface area contributed by atoms with E-state index >= 15 is 0 Å². The quantitative estimate of drug-likeness (QED) is 0.736. The van der Waals surface area contributed by atoms with Crippen molar-refractivity contribution >= 4 is 29.1 Å². The summed E-state index contributed by atoms with van der Waals surface area (Å²) in [5.74, 6) is -1.89. The Balaban J connectivity index is 1.30. The summed E-state index contributed by atoms with van der Waals surface area (Å²) in [4.78, 5) is 38.3. The lowest BCUT2D eigenvalue weighted by Gasteiger charge is -2.31. The van der Waals surface area contributed by atoms with Gasteiger partial charge in [0.1, 0.15) is 6.10 Å². The minimum absolute atomic E-state index is 0.0776. The smallest absolute Gasteiger partial charge is 0.313 e. The lowest BCUT2D eigenvalue weighted by atomic mass is 9.94. The highest BCUT2D eigenvalue weighted by Gasteiger charge is 2.42. The molecule has 162 valence electrons. The van der Waals surface area contributed by atoms with Crippen LogP contribution >= 0.6 is 0 Å². The molecular weight excluding hydrogens is 386 g/mol. The molecule has 30 heavy (non-hydrogen) atoms. The predicted octanol–water partition coefficient (Wildman–Crippen LogP) is 2.25. The molecule has 8 heteroatoms. The van der Waals surface area contributed by atoms with Gasteiger partial charge in [-0.2, -0.15) is 0 Å². The molecule has 1 aliphatic carbocycles. The number of rotatable bonds is 4. The van der Waals surface area contributed by atoms with E-state index < -0.39 is 17.6 Å². The second-order valence-corrected chi connectivity index (χ2v) is 8.34. The number of nitrogens with one attached hydrogen (secondary N) is 2. The van der Waals surface area contributed by atoms with Crippen LogP contribution in [-0.2, 0) is 23.9 Å². The molecule has 0 aromatic heterocycles. The fourth-order valence-corrected chi connectivity index (χ4v) is 4.43. The third-order valence-electron chi connectivity index (χ3n) is 6.06. The molecule has 2 heterocycles. The van der Waals surface area contributed by atoms with Crippen molar-refractivity contribution in [2.75, 3.05) is 29.9 Å². The van der Waals surface area contributed by atoms with Gasteiger partial charge in [-0.1, -0.05) is 12.5 Å². The van der Waals surface area contributed by atoms with Crippen LogP contribution in [0.25, 0.3) is 0 Å². The molecule has 1 atom stereocenters. The van der Waals surface area contributed by atoms with Gasteiger partial charge in [-0.25, -0.2) is 0 Å². The first-order valence-electron chi connectivity index (χ1n) is 10.8. The standard InChI is InChI=1S/C22H29N3O5/c1-15-7-8-16(12-18(15)25-11-5-6-19(25)26)24-21(28)20(27)23-13-17-14-29-22(30-17)9-3-2-4-10-22/h7-8,12,17H,2-6,9-11,13-14H2,1H3,(H,23,27)(H,24,28)/t17-/m1/s1. The molecule has 0 unspecified atom stereocenters. The van der Waals surface area contributed by atoms with Crippen LogP contribution in [0.4, 0.5) is 11.4 Å². The van der Waals surface area contributed by atoms with Gasteiger partial charge < -0.3 is 25.0 Å². The summed E-state index contributed by atoms with van der Waals surface area (Å²) in [5, 5.41) is 5.25. The molecule has 8 nitrogen and oxygen atoms in total. The molecule has 2 saturated heterocycles. The van der Waals surface area contributed by atoms with E-state index in [9.17, 15) is 14.4 Å². The fraction of sp³-hybridized carbons (Fsp3) is 0.591. The van der Waals surface area contributed by atoms with Gasteiger partial charge >= 0.3 is 11.8 Å². The lowest BCUT2D eigenvalue weighted by molar-refractivity contribution is -0.186. The highest BCUT2D eigenvalue weighted by molar-refractivity contribution is 6.39. The molecule has 1 aromatic rings. The maximum absolute atomic E-state index is 12.3. The van der Waals surface area contributed by atoms with Crippen molar-refractivity contribution in [3.8, 4) is 0 Å². The number of ether oxygens (including phenoxy) is 2. The maximum Gasteiger partial charge on any atom is 0.313 e. The van der Waals surface area contributed by atoms with Gasteiger partial charge in [0.25, 0.3) is 0 Å². The van der Waals surface area contributed by atoms with Crippen molar-refractivity contribution in [3.63, 3.8) is 0 Å². The number of hydrogen-bond acceptors (Lipinski definition) is 5. The summed E-state index contributed by atoms with van der Waals surface area (Å²) in [5.41, 5.74) is 2.20. The van der Waals surface area contributed by atoms with Crippen molar-refractivity contribution in [1.82, 2.24) is 5.32 Å². The Kier molecular flexibility index (Phi) is 6.06. The molecule has 2 N–H and O–H groups in total. The number of aryl methyl sites for hydroxylation is 1. The van der Waals surface area contributed by atoms with Gasteiger partial charge in [-0.3, -0.25) is 14.4 Å². The van der Waals surface area contributed by atoms with Gasteiger partial charge in [0.15, 0.2) is 5.79 Å². The van der Waals surface area contributed by atoms with Gasteiger partial charge in [-0.05, 0) is 43.9 Å². The van der Waals surface area contributed by atoms with Crippen molar-refractivity contribution in [2.24, 2.45) is 0 Å². The van der Waals surface area contributed by atoms with Crippen LogP contribution in [0.5, 0.6) is 0 Å². The third kappa shape index (κ3) is 4.49. The molecule has 3 amide bonds. The largest absolute Gasteiger partial charge is 0.347 e. The number of hydrogen-bond donors (Lipinski definition) is 2. The molecule has 2 aliphatic heterocycles. The van der Waals surface area contributed by atoms with E-state index in [1.807, 2.05) is 13.0 Å². The van der Waals surface area contributed by atoms with E-state index in [2.05, 4.69) is 10.6 Å². The Labute approximate surface area is 176 Å². The molecule has 4 rings (SSSR count). The molecule has 1 aromatic carbocycles. The Morgan fingerprint density at radius 3 is 2.70 bits per heavy atom. The third-order valence-corrected chi connectivity index (χ3v) is 6.06. The van der Waals surface area contributed by atoms with Crippen LogP contribution in [0, 0.1) is 6.92 Å². The van der Waals surface area contributed by atoms with E-state index in [1.165, 1.54) is 6.42 Å². The predicted molar refractivity (Wildman–Crippen MR) is 111 cm³/mol. The highest BCUT2D eigenvalue weighted by Crippen LogP contribution is 2.37. The molecule has 0 radical (unpaired) electrons. The molecule has 0 bridgehead atoms. The maximum atomic E-state index is 12.3. The average Bonchev–Trinajstić information content (AvgIpc) is 3.34. The molecule has 3 fully saturated rings. The Bertz CT molecular complexity index is 834. The van der Waals surface area contributed by atoms with Crippen LogP contribution < -0.4 is 15.5 Å². The van der Waals surface area contributed by atoms with Crippen LogP contribution in [0.2, 0.25) is 0 Å². The van der Waals surface area contributed by atoms with Crippen molar-refractivity contribution in [3.05, 3.63) is 23.8 Å². The first kappa shape index (κ1) is 20.8. The summed E-state index contributed by atoms with van der Waals surface area (Å²) >= 11 is 0. The van der Waals surface area contributed by atoms with Crippen LogP contribution in [0.15, 0.2) is 18.2 Å². The summed E-state index contributed by atoms with van der Waals surface area (Å²) in [7, 11) is 0. The van der Waals surface area contributed by atoms with Crippen LogP contribution in [0.1, 0.15) is 50.5 Å². The minimum Gasteiger partial charge on any atom is -0.347 e. The zero-order chi connectivity index (χ0) is 21.1. The zero-order valence-electron chi connectivity index (χ0n) is 17.4. The Morgan fingerprint density at radius 2 is 1.97 bits per heavy atom. The SMILES string of the molecule is Cc1ccc(NC(=O)C(=O)NC[C@@H]2COC3(CCCCC3)O2)cc1N1CCCC1=O. The molecule has 1 spiro atoms. The summed E-state index contributed by atoms with van der Waals surface area (Å²) in [6.45, 7) is 3.24. The number of anilines is 2. The lowest BCUT2D eigenvalue weighted by Crippen LogP contribution is -2.41. The van der Waals surface area contributed by atoms with Gasteiger partial charge in [0, 0.05) is 43.7 Å². The second kappa shape index (κ2) is 8.73. The number of nitrogens with zero attached hydrogens (tertiary/aromatic N) is 1. The zero-order valence-corrected chi connectivity index (χ0v) is 17.4. The van der Waals surface area contributed by atoms with E-state index in [4.69, 9.17) is 9.47 Å². The topological polar surface area (TPSA) is 97.0 Å². The fourth-order valence-electron chi connectivity index (χ4n) is 4.43. The van der Waals surface area contributed by atoms with E-state index in [0.717, 1.165) is 43.4 Å². The van der Waals surface area contributed by atoms with Crippen molar-refractivity contribution < 1.29 is 23.9 Å². The first-order valence-corrected chi connectivity index (χ1v) is 10.8. The monoisotopic (exact) mass is 415 g/mol. The van der Waals surface area contributed by atoms with E-state index in [-0.39, 0.29) is 18.6 Å². The van der Waals surface area contributed by atoms with Gasteiger partial charge in [-0.15, -0.1) is 0 Å². The summed E-state index contributed by atoms with van der Waals surface area (Å²) < 4.78 is 11.9. The van der Waals surface area contributed by atoms with Crippen molar-refractivity contribution in [1.29, 1.82) is 0 Å². The molecule has 1 saturated carbocycles. The first-order chi connectivity index (χ1) is 14.5. The van der Waals surface area contributed by atoms with Crippen LogP contribution in [-0.4, -0.2) is 49.3 Å². The molecular formula is C22H29N3O5. The Hall–Kier alpha value is -2.45. The second-order valence-electron chi connectivity index (χ2n) is 8.34. The Morgan fingerprint density at radius 1 is 1.17 bits per heavy atom. The minimum atomic E-state index is -0.746. The van der Waals surface area contributed by atoms with E-state index in [1.54, 1.807) is 17.0 Å². The summed E-state index contributed by atoms with van der Waals surface area (Å²) in [6, 6.07) is 5.30. The number of carbonyl (C=O) groups is 3. The number of amides is 3. The average molecular weight is 415 g/mol. The summed E-state index contributed by atoms with van der Waals surface area (Å²) in [6.07, 6.45) is 6.25. The normalized spacial score (nSPS) is 23.0. The number of carbonyl (C=O) groups excluding carboxylic acids is 3. The van der Waals surface area contributed by atoms with Crippen molar-refractivity contribution in [2.45, 2.75) is 63.8 Å². The van der Waals surface area contributed by atoms with Gasteiger partial charge in [0.2, 0.25) is 5.91 Å². The number of benzene rings is 1. The van der Waals surface area contributed by atoms with Gasteiger partial charge in [0.05, 0.1) is 6.61 Å². The highest BCUT2D eigenvalue weighted by atomic mass is 16.7. The van der Waals surface area contributed by atoms with Crippen LogP contribution in [0.3, 0.4) is 0 Å². The molecule has 3 aliphatic rings. The van der Waals surface area contributed by atoms with E-state index in [0.29, 0.717) is 25.3 Å².